The van der Waals surface area contributed by atoms with Crippen LogP contribution in [0.15, 0.2) is 18.2 Å². The lowest BCUT2D eigenvalue weighted by molar-refractivity contribution is -0.121. The molecule has 1 aromatic rings. The second-order valence-corrected chi connectivity index (χ2v) is 5.18. The summed E-state index contributed by atoms with van der Waals surface area (Å²) in [5.74, 6) is 0.0381. The van der Waals surface area contributed by atoms with Gasteiger partial charge in [-0.15, -0.1) is 0 Å². The normalized spacial score (nSPS) is 12.6. The van der Waals surface area contributed by atoms with Crippen molar-refractivity contribution >= 4 is 5.91 Å². The number of hydrogen-bond donors (Lipinski definition) is 2. The molecule has 0 aliphatic carbocycles. The summed E-state index contributed by atoms with van der Waals surface area (Å²) in [6.07, 6.45) is 0. The monoisotopic (exact) mass is 248 g/mol. The molecular weight excluding hydrogens is 224 g/mol. The van der Waals surface area contributed by atoms with E-state index < -0.39 is 0 Å². The van der Waals surface area contributed by atoms with Crippen molar-refractivity contribution in [3.8, 4) is 0 Å². The van der Waals surface area contributed by atoms with Gasteiger partial charge in [-0.2, -0.15) is 0 Å². The lowest BCUT2D eigenvalue weighted by Crippen LogP contribution is -2.38. The number of amides is 1. The summed E-state index contributed by atoms with van der Waals surface area (Å²) < 4.78 is 0. The predicted octanol–water partition coefficient (Wildman–Crippen LogP) is 2.48. The highest BCUT2D eigenvalue weighted by atomic mass is 16.1. The van der Waals surface area contributed by atoms with E-state index in [0.717, 1.165) is 0 Å². The maximum atomic E-state index is 11.7. The first kappa shape index (κ1) is 14.7. The van der Waals surface area contributed by atoms with E-state index in [0.29, 0.717) is 12.6 Å². The molecule has 0 bridgehead atoms. The Labute approximate surface area is 110 Å². The molecule has 0 heterocycles. The Morgan fingerprint density at radius 2 is 1.89 bits per heavy atom. The van der Waals surface area contributed by atoms with Gasteiger partial charge in [0.05, 0.1) is 12.6 Å². The number of hydrogen-bond acceptors (Lipinski definition) is 2. The van der Waals surface area contributed by atoms with E-state index in [1.54, 1.807) is 0 Å². The highest BCUT2D eigenvalue weighted by Crippen LogP contribution is 2.18. The number of rotatable bonds is 5. The van der Waals surface area contributed by atoms with E-state index in [-0.39, 0.29) is 11.9 Å². The fourth-order valence-corrected chi connectivity index (χ4v) is 1.98. The van der Waals surface area contributed by atoms with Crippen LogP contribution in [0.1, 0.15) is 43.5 Å². The Bertz CT molecular complexity index is 413. The molecular formula is C15H24N2O. The van der Waals surface area contributed by atoms with E-state index in [4.69, 9.17) is 0 Å². The summed E-state index contributed by atoms with van der Waals surface area (Å²) in [6.45, 7) is 10.6. The predicted molar refractivity (Wildman–Crippen MR) is 75.6 cm³/mol. The van der Waals surface area contributed by atoms with E-state index in [1.165, 1.54) is 16.7 Å². The van der Waals surface area contributed by atoms with Crippen LogP contribution in [0.25, 0.3) is 0 Å². The van der Waals surface area contributed by atoms with Crippen molar-refractivity contribution in [1.29, 1.82) is 0 Å². The number of carbonyl (C=O) groups excluding carboxylic acids is 1. The second kappa shape index (κ2) is 6.55. The van der Waals surface area contributed by atoms with Gasteiger partial charge in [-0.25, -0.2) is 0 Å². The van der Waals surface area contributed by atoms with Crippen molar-refractivity contribution in [3.63, 3.8) is 0 Å². The molecule has 18 heavy (non-hydrogen) atoms. The standard InChI is InChI=1S/C15H24N2O/c1-10(2)16-9-15(18)17-13(5)14-7-6-11(3)8-12(14)4/h6-8,10,13,16H,9H2,1-5H3,(H,17,18). The van der Waals surface area contributed by atoms with Crippen LogP contribution in [0.5, 0.6) is 0 Å². The fraction of sp³-hybridized carbons (Fsp3) is 0.533. The van der Waals surface area contributed by atoms with Gasteiger partial charge in [-0.05, 0) is 31.9 Å². The Morgan fingerprint density at radius 1 is 1.22 bits per heavy atom. The van der Waals surface area contributed by atoms with Gasteiger partial charge >= 0.3 is 0 Å². The second-order valence-electron chi connectivity index (χ2n) is 5.18. The molecule has 0 saturated carbocycles. The van der Waals surface area contributed by atoms with Crippen molar-refractivity contribution in [2.75, 3.05) is 6.54 Å². The first-order chi connectivity index (χ1) is 8.40. The van der Waals surface area contributed by atoms with Gasteiger partial charge in [0.1, 0.15) is 0 Å². The molecule has 2 N–H and O–H groups in total. The molecule has 1 unspecified atom stereocenters. The van der Waals surface area contributed by atoms with Crippen LogP contribution in [0.2, 0.25) is 0 Å². The third-order valence-electron chi connectivity index (χ3n) is 2.94. The van der Waals surface area contributed by atoms with Crippen LogP contribution in [0.3, 0.4) is 0 Å². The molecule has 0 radical (unpaired) electrons. The van der Waals surface area contributed by atoms with Crippen LogP contribution in [0, 0.1) is 13.8 Å². The van der Waals surface area contributed by atoms with Crippen molar-refractivity contribution < 1.29 is 4.79 Å². The van der Waals surface area contributed by atoms with Gasteiger partial charge in [0.15, 0.2) is 0 Å². The number of nitrogens with one attached hydrogen (secondary N) is 2. The molecule has 1 aromatic carbocycles. The molecule has 0 aliphatic rings. The average molecular weight is 248 g/mol. The first-order valence-corrected chi connectivity index (χ1v) is 6.50. The minimum absolute atomic E-state index is 0.0381. The van der Waals surface area contributed by atoms with Gasteiger partial charge in [-0.3, -0.25) is 4.79 Å². The highest BCUT2D eigenvalue weighted by molar-refractivity contribution is 5.78. The average Bonchev–Trinajstić information content (AvgIpc) is 2.26. The largest absolute Gasteiger partial charge is 0.348 e. The SMILES string of the molecule is Cc1ccc(C(C)NC(=O)CNC(C)C)c(C)c1. The topological polar surface area (TPSA) is 41.1 Å². The third-order valence-corrected chi connectivity index (χ3v) is 2.94. The van der Waals surface area contributed by atoms with Gasteiger partial charge < -0.3 is 10.6 Å². The summed E-state index contributed by atoms with van der Waals surface area (Å²) in [4.78, 5) is 11.7. The Morgan fingerprint density at radius 3 is 2.44 bits per heavy atom. The van der Waals surface area contributed by atoms with E-state index in [2.05, 4.69) is 42.7 Å². The molecule has 0 aromatic heterocycles. The third kappa shape index (κ3) is 4.49. The maximum Gasteiger partial charge on any atom is 0.234 e. The minimum atomic E-state index is 0.0381. The summed E-state index contributed by atoms with van der Waals surface area (Å²) in [6, 6.07) is 6.69. The molecule has 1 rings (SSSR count). The fourth-order valence-electron chi connectivity index (χ4n) is 1.98. The van der Waals surface area contributed by atoms with Crippen molar-refractivity contribution in [2.45, 2.75) is 46.7 Å². The highest BCUT2D eigenvalue weighted by Gasteiger charge is 2.11. The lowest BCUT2D eigenvalue weighted by atomic mass is 10.0. The molecule has 3 heteroatoms. The molecule has 0 fully saturated rings. The van der Waals surface area contributed by atoms with Crippen molar-refractivity contribution in [2.24, 2.45) is 0 Å². The summed E-state index contributed by atoms with van der Waals surface area (Å²) >= 11 is 0. The van der Waals surface area contributed by atoms with Crippen molar-refractivity contribution in [1.82, 2.24) is 10.6 Å². The first-order valence-electron chi connectivity index (χ1n) is 6.50. The zero-order valence-electron chi connectivity index (χ0n) is 12.0. The van der Waals surface area contributed by atoms with Gasteiger partial charge in [0, 0.05) is 6.04 Å². The lowest BCUT2D eigenvalue weighted by Gasteiger charge is -2.18. The maximum absolute atomic E-state index is 11.7. The molecule has 0 saturated heterocycles. The van der Waals surface area contributed by atoms with Crippen LogP contribution in [0.4, 0.5) is 0 Å². The Hall–Kier alpha value is -1.35. The minimum Gasteiger partial charge on any atom is -0.348 e. The number of benzene rings is 1. The van der Waals surface area contributed by atoms with Crippen LogP contribution < -0.4 is 10.6 Å². The Balaban J connectivity index is 2.59. The molecule has 1 amide bonds. The smallest absolute Gasteiger partial charge is 0.234 e. The van der Waals surface area contributed by atoms with Crippen LogP contribution in [-0.4, -0.2) is 18.5 Å². The van der Waals surface area contributed by atoms with Crippen molar-refractivity contribution in [3.05, 3.63) is 34.9 Å². The van der Waals surface area contributed by atoms with Crippen LogP contribution >= 0.6 is 0 Å². The van der Waals surface area contributed by atoms with Gasteiger partial charge in [0.2, 0.25) is 5.91 Å². The van der Waals surface area contributed by atoms with Crippen LogP contribution in [-0.2, 0) is 4.79 Å². The van der Waals surface area contributed by atoms with E-state index in [1.807, 2.05) is 20.8 Å². The number of aryl methyl sites for hydroxylation is 2. The molecule has 0 spiro atoms. The molecule has 100 valence electrons. The van der Waals surface area contributed by atoms with E-state index in [9.17, 15) is 4.79 Å². The number of carbonyl (C=O) groups is 1. The van der Waals surface area contributed by atoms with E-state index >= 15 is 0 Å². The zero-order chi connectivity index (χ0) is 13.7. The van der Waals surface area contributed by atoms with Gasteiger partial charge in [-0.1, -0.05) is 37.6 Å². The summed E-state index contributed by atoms with van der Waals surface area (Å²) in [5, 5.41) is 6.12. The molecule has 3 nitrogen and oxygen atoms in total. The summed E-state index contributed by atoms with van der Waals surface area (Å²) in [7, 11) is 0. The quantitative estimate of drug-likeness (QED) is 0.840. The molecule has 1 atom stereocenters. The molecule has 0 aliphatic heterocycles. The summed E-state index contributed by atoms with van der Waals surface area (Å²) in [5.41, 5.74) is 3.65. The Kier molecular flexibility index (Phi) is 5.35. The zero-order valence-corrected chi connectivity index (χ0v) is 12.0. The van der Waals surface area contributed by atoms with Gasteiger partial charge in [0.25, 0.3) is 0 Å².